The molecule has 130 valence electrons. The summed E-state index contributed by atoms with van der Waals surface area (Å²) in [4.78, 5) is 24.0. The second-order valence-corrected chi connectivity index (χ2v) is 5.25. The lowest BCUT2D eigenvalue weighted by Gasteiger charge is -2.06. The predicted octanol–water partition coefficient (Wildman–Crippen LogP) is 3.43. The fraction of sp³-hybridized carbons (Fsp3) is 0. The summed E-state index contributed by atoms with van der Waals surface area (Å²) in [5.41, 5.74) is 3.60. The summed E-state index contributed by atoms with van der Waals surface area (Å²) >= 11 is 0. The van der Waals surface area contributed by atoms with Crippen molar-refractivity contribution in [1.82, 2.24) is 5.43 Å². The van der Waals surface area contributed by atoms with Crippen molar-refractivity contribution in [3.05, 3.63) is 89.6 Å². The molecule has 3 rings (SSSR count). The Kier molecular flexibility index (Phi) is 5.19. The molecule has 0 fully saturated rings. The molecule has 0 spiro atoms. The van der Waals surface area contributed by atoms with E-state index in [1.54, 1.807) is 36.4 Å². The fourth-order valence-electron chi connectivity index (χ4n) is 2.09. The van der Waals surface area contributed by atoms with Crippen LogP contribution in [-0.2, 0) is 0 Å². The molecule has 2 N–H and O–H groups in total. The van der Waals surface area contributed by atoms with Gasteiger partial charge in [-0.05, 0) is 60.7 Å². The minimum absolute atomic E-state index is 0.334. The molecule has 0 unspecified atom stereocenters. The summed E-state index contributed by atoms with van der Waals surface area (Å²) in [6, 6.07) is 14.9. The highest BCUT2D eigenvalue weighted by atomic mass is 19.1. The zero-order valence-electron chi connectivity index (χ0n) is 13.5. The van der Waals surface area contributed by atoms with Crippen LogP contribution in [0.15, 0.2) is 76.4 Å². The number of nitrogens with one attached hydrogen (secondary N) is 2. The van der Waals surface area contributed by atoms with Gasteiger partial charge in [0.05, 0.1) is 12.5 Å². The topological polar surface area (TPSA) is 83.7 Å². The molecule has 2 amide bonds. The van der Waals surface area contributed by atoms with Gasteiger partial charge in [0.2, 0.25) is 0 Å². The first-order chi connectivity index (χ1) is 12.6. The van der Waals surface area contributed by atoms with Gasteiger partial charge in [-0.1, -0.05) is 0 Å². The Hall–Kier alpha value is -3.74. The molecule has 1 heterocycles. The molecular weight excluding hydrogens is 337 g/mol. The third-order valence-corrected chi connectivity index (χ3v) is 3.41. The van der Waals surface area contributed by atoms with Crippen molar-refractivity contribution in [2.75, 3.05) is 5.32 Å². The first-order valence-corrected chi connectivity index (χ1v) is 7.66. The third kappa shape index (κ3) is 4.41. The Morgan fingerprint density at radius 2 is 1.58 bits per heavy atom. The van der Waals surface area contributed by atoms with E-state index in [2.05, 4.69) is 15.8 Å². The largest absolute Gasteiger partial charge is 0.463 e. The molecule has 6 nitrogen and oxygen atoms in total. The molecule has 0 aliphatic rings. The van der Waals surface area contributed by atoms with Gasteiger partial charge >= 0.3 is 0 Å². The van der Waals surface area contributed by atoms with Crippen molar-refractivity contribution in [3.8, 4) is 0 Å². The number of hydrogen-bond donors (Lipinski definition) is 2. The van der Waals surface area contributed by atoms with Gasteiger partial charge in [0, 0.05) is 16.8 Å². The zero-order valence-corrected chi connectivity index (χ0v) is 13.5. The van der Waals surface area contributed by atoms with Crippen LogP contribution < -0.4 is 10.7 Å². The van der Waals surface area contributed by atoms with Gasteiger partial charge in [0.25, 0.3) is 11.8 Å². The number of halogens is 1. The smallest absolute Gasteiger partial charge is 0.271 e. The average molecular weight is 351 g/mol. The summed E-state index contributed by atoms with van der Waals surface area (Å²) in [6.45, 7) is 0. The summed E-state index contributed by atoms with van der Waals surface area (Å²) in [7, 11) is 0. The molecule has 0 radical (unpaired) electrons. The molecule has 0 saturated carbocycles. The summed E-state index contributed by atoms with van der Waals surface area (Å²) in [5.74, 6) is -0.662. The average Bonchev–Trinajstić information content (AvgIpc) is 3.16. The predicted molar refractivity (Wildman–Crippen MR) is 94.6 cm³/mol. The Balaban J connectivity index is 1.58. The Bertz CT molecular complexity index is 918. The second-order valence-electron chi connectivity index (χ2n) is 5.25. The van der Waals surface area contributed by atoms with Crippen LogP contribution in [0.1, 0.15) is 26.5 Å². The van der Waals surface area contributed by atoms with Crippen LogP contribution >= 0.6 is 0 Å². The van der Waals surface area contributed by atoms with Crippen LogP contribution in [0.3, 0.4) is 0 Å². The first-order valence-electron chi connectivity index (χ1n) is 7.66. The minimum atomic E-state index is -0.411. The molecule has 3 aromatic rings. The quantitative estimate of drug-likeness (QED) is 0.546. The number of hydrogen-bond acceptors (Lipinski definition) is 4. The fourth-order valence-corrected chi connectivity index (χ4v) is 2.09. The molecule has 0 aliphatic heterocycles. The minimum Gasteiger partial charge on any atom is -0.463 e. The van der Waals surface area contributed by atoms with Gasteiger partial charge in [0.15, 0.2) is 0 Å². The van der Waals surface area contributed by atoms with Crippen LogP contribution in [0.2, 0.25) is 0 Å². The van der Waals surface area contributed by atoms with E-state index in [0.717, 1.165) is 0 Å². The Morgan fingerprint density at radius 3 is 2.23 bits per heavy atom. The monoisotopic (exact) mass is 351 g/mol. The van der Waals surface area contributed by atoms with Crippen molar-refractivity contribution in [2.45, 2.75) is 0 Å². The number of hydrazone groups is 1. The number of amides is 2. The van der Waals surface area contributed by atoms with E-state index in [1.165, 1.54) is 36.7 Å². The zero-order chi connectivity index (χ0) is 18.4. The maximum absolute atomic E-state index is 12.9. The van der Waals surface area contributed by atoms with E-state index in [9.17, 15) is 14.0 Å². The SMILES string of the molecule is O=C(NN=Cc1ccco1)c1ccc(NC(=O)c2ccc(F)cc2)cc1. The molecule has 2 aromatic carbocycles. The van der Waals surface area contributed by atoms with Crippen molar-refractivity contribution < 1.29 is 18.4 Å². The molecule has 1 aromatic heterocycles. The molecule has 0 bridgehead atoms. The highest BCUT2D eigenvalue weighted by Gasteiger charge is 2.08. The van der Waals surface area contributed by atoms with Crippen molar-refractivity contribution in [2.24, 2.45) is 5.10 Å². The molecule has 0 aliphatic carbocycles. The van der Waals surface area contributed by atoms with Crippen LogP contribution in [0.5, 0.6) is 0 Å². The summed E-state index contributed by atoms with van der Waals surface area (Å²) in [5, 5.41) is 6.46. The van der Waals surface area contributed by atoms with Crippen LogP contribution in [0.4, 0.5) is 10.1 Å². The number of furan rings is 1. The van der Waals surface area contributed by atoms with Gasteiger partial charge in [0.1, 0.15) is 11.6 Å². The van der Waals surface area contributed by atoms with Crippen LogP contribution in [-0.4, -0.2) is 18.0 Å². The highest BCUT2D eigenvalue weighted by molar-refractivity contribution is 6.04. The van der Waals surface area contributed by atoms with Gasteiger partial charge < -0.3 is 9.73 Å². The standard InChI is InChI=1S/C19H14FN3O3/c20-15-7-3-13(4-8-15)18(24)22-16-9-5-14(6-10-16)19(25)23-21-12-17-2-1-11-26-17/h1-12H,(H,22,24)(H,23,25). The lowest BCUT2D eigenvalue weighted by molar-refractivity contribution is 0.0954. The first kappa shape index (κ1) is 17.1. The maximum Gasteiger partial charge on any atom is 0.271 e. The Labute approximate surface area is 148 Å². The van der Waals surface area contributed by atoms with Crippen molar-refractivity contribution in [3.63, 3.8) is 0 Å². The van der Waals surface area contributed by atoms with Crippen LogP contribution in [0, 0.1) is 5.82 Å². The molecule has 26 heavy (non-hydrogen) atoms. The maximum atomic E-state index is 12.9. The van der Waals surface area contributed by atoms with Gasteiger partial charge in [-0.3, -0.25) is 9.59 Å². The third-order valence-electron chi connectivity index (χ3n) is 3.41. The van der Waals surface area contributed by atoms with E-state index in [4.69, 9.17) is 4.42 Å². The lowest BCUT2D eigenvalue weighted by atomic mass is 10.1. The summed E-state index contributed by atoms with van der Waals surface area (Å²) < 4.78 is 17.9. The van der Waals surface area contributed by atoms with Gasteiger partial charge in [-0.25, -0.2) is 9.82 Å². The number of benzene rings is 2. The summed E-state index contributed by atoms with van der Waals surface area (Å²) in [6.07, 6.45) is 2.89. The van der Waals surface area contributed by atoms with Gasteiger partial charge in [-0.2, -0.15) is 5.10 Å². The van der Waals surface area contributed by atoms with E-state index in [1.807, 2.05) is 0 Å². The number of carbonyl (C=O) groups excluding carboxylic acids is 2. The van der Waals surface area contributed by atoms with E-state index < -0.39 is 11.7 Å². The highest BCUT2D eigenvalue weighted by Crippen LogP contribution is 2.12. The molecule has 7 heteroatoms. The lowest BCUT2D eigenvalue weighted by Crippen LogP contribution is -2.17. The van der Waals surface area contributed by atoms with E-state index in [0.29, 0.717) is 22.6 Å². The normalized spacial score (nSPS) is 10.7. The number of rotatable bonds is 5. The van der Waals surface area contributed by atoms with E-state index in [-0.39, 0.29) is 5.91 Å². The van der Waals surface area contributed by atoms with Crippen LogP contribution in [0.25, 0.3) is 0 Å². The number of carbonyl (C=O) groups is 2. The second kappa shape index (κ2) is 7.89. The van der Waals surface area contributed by atoms with E-state index >= 15 is 0 Å². The Morgan fingerprint density at radius 1 is 0.923 bits per heavy atom. The van der Waals surface area contributed by atoms with Crippen molar-refractivity contribution >= 4 is 23.7 Å². The number of nitrogens with zero attached hydrogens (tertiary/aromatic N) is 1. The number of anilines is 1. The molecule has 0 saturated heterocycles. The van der Waals surface area contributed by atoms with Crippen molar-refractivity contribution in [1.29, 1.82) is 0 Å². The molecular formula is C19H14FN3O3. The molecule has 0 atom stereocenters. The van der Waals surface area contributed by atoms with Gasteiger partial charge in [-0.15, -0.1) is 0 Å².